The first-order valence-corrected chi connectivity index (χ1v) is 10.6. The van der Waals surface area contributed by atoms with Crippen LogP contribution in [0, 0.1) is 6.92 Å². The summed E-state index contributed by atoms with van der Waals surface area (Å²) in [5.41, 5.74) is 3.09. The zero-order chi connectivity index (χ0) is 22.0. The van der Waals surface area contributed by atoms with Gasteiger partial charge in [-0.1, -0.05) is 32.9 Å². The molecule has 0 spiro atoms. The number of carbonyl (C=O) groups excluding carboxylic acids is 1. The minimum atomic E-state index is -0.0708. The molecule has 4 rings (SSSR count). The lowest BCUT2D eigenvalue weighted by Crippen LogP contribution is -2.50. The average Bonchev–Trinajstić information content (AvgIpc) is 3.20. The summed E-state index contributed by atoms with van der Waals surface area (Å²) in [4.78, 5) is 25.4. The highest BCUT2D eigenvalue weighted by Crippen LogP contribution is 2.24. The van der Waals surface area contributed by atoms with Crippen molar-refractivity contribution in [3.05, 3.63) is 60.2 Å². The van der Waals surface area contributed by atoms with Gasteiger partial charge in [0.05, 0.1) is 5.69 Å². The van der Waals surface area contributed by atoms with Crippen LogP contribution in [0.25, 0.3) is 5.82 Å². The van der Waals surface area contributed by atoms with Gasteiger partial charge in [0.25, 0.3) is 0 Å². The molecule has 1 aliphatic heterocycles. The van der Waals surface area contributed by atoms with Crippen LogP contribution in [0.2, 0.25) is 0 Å². The van der Waals surface area contributed by atoms with E-state index in [-0.39, 0.29) is 11.4 Å². The monoisotopic (exact) mass is 419 g/mol. The van der Waals surface area contributed by atoms with Crippen LogP contribution < -0.4 is 10.2 Å². The fourth-order valence-electron chi connectivity index (χ4n) is 3.57. The molecule has 162 valence electrons. The zero-order valence-corrected chi connectivity index (χ0v) is 18.5. The smallest absolute Gasteiger partial charge is 0.321 e. The first-order valence-electron chi connectivity index (χ1n) is 10.6. The molecule has 3 aromatic rings. The second-order valence-corrected chi connectivity index (χ2v) is 8.87. The number of hydrogen-bond acceptors (Lipinski definition) is 5. The molecule has 1 aliphatic rings. The Hall–Kier alpha value is -3.42. The maximum Gasteiger partial charge on any atom is 0.321 e. The highest BCUT2D eigenvalue weighted by atomic mass is 16.2. The SMILES string of the molecule is Cc1ccn(-c2cc(N3CCN(C(=O)Nc4ccc(C(C)(C)C)cc4)CC3)ncn2)n1. The molecular weight excluding hydrogens is 390 g/mol. The van der Waals surface area contributed by atoms with Crippen LogP contribution in [0.1, 0.15) is 32.0 Å². The van der Waals surface area contributed by atoms with Crippen molar-refractivity contribution in [3.63, 3.8) is 0 Å². The fourth-order valence-corrected chi connectivity index (χ4v) is 3.57. The van der Waals surface area contributed by atoms with E-state index in [0.717, 1.165) is 23.0 Å². The quantitative estimate of drug-likeness (QED) is 0.701. The van der Waals surface area contributed by atoms with Crippen molar-refractivity contribution in [2.24, 2.45) is 0 Å². The van der Waals surface area contributed by atoms with Crippen molar-refractivity contribution in [3.8, 4) is 5.82 Å². The van der Waals surface area contributed by atoms with Crippen LogP contribution in [-0.4, -0.2) is 56.9 Å². The molecule has 0 atom stereocenters. The molecule has 1 fully saturated rings. The maximum atomic E-state index is 12.7. The number of carbonyl (C=O) groups is 1. The standard InChI is InChI=1S/C23H29N7O/c1-17-9-10-30(27-17)21-15-20(24-16-25-21)28-11-13-29(14-12-28)22(31)26-19-7-5-18(6-8-19)23(2,3)4/h5-10,15-16H,11-14H2,1-4H3,(H,26,31). The second kappa shape index (κ2) is 8.37. The number of nitrogens with one attached hydrogen (secondary N) is 1. The third kappa shape index (κ3) is 4.84. The predicted octanol–water partition coefficient (Wildman–Crippen LogP) is 3.62. The van der Waals surface area contributed by atoms with Crippen LogP contribution in [-0.2, 0) is 5.41 Å². The minimum Gasteiger partial charge on any atom is -0.353 e. The Morgan fingerprint density at radius 1 is 0.968 bits per heavy atom. The number of aromatic nitrogens is 4. The van der Waals surface area contributed by atoms with Gasteiger partial charge in [0, 0.05) is 44.1 Å². The Morgan fingerprint density at radius 2 is 1.65 bits per heavy atom. The molecule has 1 aromatic carbocycles. The summed E-state index contributed by atoms with van der Waals surface area (Å²) in [6, 6.07) is 11.9. The number of anilines is 2. The Bertz CT molecular complexity index is 1040. The molecule has 8 nitrogen and oxygen atoms in total. The summed E-state index contributed by atoms with van der Waals surface area (Å²) in [5.74, 6) is 1.58. The number of urea groups is 1. The summed E-state index contributed by atoms with van der Waals surface area (Å²) in [7, 11) is 0. The molecule has 0 aliphatic carbocycles. The van der Waals surface area contributed by atoms with Crippen molar-refractivity contribution in [2.45, 2.75) is 33.1 Å². The van der Waals surface area contributed by atoms with E-state index in [4.69, 9.17) is 0 Å². The van der Waals surface area contributed by atoms with Gasteiger partial charge in [-0.25, -0.2) is 19.4 Å². The molecule has 31 heavy (non-hydrogen) atoms. The summed E-state index contributed by atoms with van der Waals surface area (Å²) < 4.78 is 1.75. The molecule has 0 saturated carbocycles. The van der Waals surface area contributed by atoms with Gasteiger partial charge in [-0.15, -0.1) is 0 Å². The van der Waals surface area contributed by atoms with Crippen molar-refractivity contribution in [1.82, 2.24) is 24.6 Å². The van der Waals surface area contributed by atoms with Gasteiger partial charge in [-0.3, -0.25) is 0 Å². The van der Waals surface area contributed by atoms with E-state index in [1.165, 1.54) is 5.56 Å². The summed E-state index contributed by atoms with van der Waals surface area (Å²) in [6.07, 6.45) is 3.44. The minimum absolute atomic E-state index is 0.0708. The van der Waals surface area contributed by atoms with Crippen LogP contribution in [0.3, 0.4) is 0 Å². The average molecular weight is 420 g/mol. The molecule has 3 heterocycles. The number of aryl methyl sites for hydroxylation is 1. The van der Waals surface area contributed by atoms with E-state index in [2.05, 4.69) is 58.2 Å². The molecule has 0 bridgehead atoms. The fraction of sp³-hybridized carbons (Fsp3) is 0.391. The highest BCUT2D eigenvalue weighted by molar-refractivity contribution is 5.89. The summed E-state index contributed by atoms with van der Waals surface area (Å²) in [5, 5.41) is 7.42. The van der Waals surface area contributed by atoms with E-state index >= 15 is 0 Å². The van der Waals surface area contributed by atoms with Gasteiger partial charge >= 0.3 is 6.03 Å². The third-order valence-electron chi connectivity index (χ3n) is 5.49. The molecule has 2 amide bonds. The van der Waals surface area contributed by atoms with E-state index in [0.29, 0.717) is 26.2 Å². The van der Waals surface area contributed by atoms with Gasteiger partial charge in [0.15, 0.2) is 5.82 Å². The van der Waals surface area contributed by atoms with Gasteiger partial charge in [0.2, 0.25) is 0 Å². The van der Waals surface area contributed by atoms with E-state index in [9.17, 15) is 4.79 Å². The second-order valence-electron chi connectivity index (χ2n) is 8.87. The highest BCUT2D eigenvalue weighted by Gasteiger charge is 2.22. The number of hydrogen-bond donors (Lipinski definition) is 1. The predicted molar refractivity (Wildman–Crippen MR) is 122 cm³/mol. The van der Waals surface area contributed by atoms with Crippen LogP contribution in [0.15, 0.2) is 48.9 Å². The molecule has 1 N–H and O–H groups in total. The van der Waals surface area contributed by atoms with Crippen LogP contribution >= 0.6 is 0 Å². The molecule has 1 saturated heterocycles. The maximum absolute atomic E-state index is 12.7. The molecule has 0 radical (unpaired) electrons. The topological polar surface area (TPSA) is 79.2 Å². The molecule has 8 heteroatoms. The van der Waals surface area contributed by atoms with E-state index in [1.54, 1.807) is 11.0 Å². The first kappa shape index (κ1) is 20.8. The number of amides is 2. The normalized spacial score (nSPS) is 14.6. The number of rotatable bonds is 3. The lowest BCUT2D eigenvalue weighted by atomic mass is 9.87. The lowest BCUT2D eigenvalue weighted by Gasteiger charge is -2.35. The number of benzene rings is 1. The van der Waals surface area contributed by atoms with E-state index < -0.39 is 0 Å². The van der Waals surface area contributed by atoms with Crippen LogP contribution in [0.4, 0.5) is 16.3 Å². The van der Waals surface area contributed by atoms with Crippen molar-refractivity contribution >= 4 is 17.5 Å². The van der Waals surface area contributed by atoms with Crippen molar-refractivity contribution < 1.29 is 4.79 Å². The number of piperazine rings is 1. The Morgan fingerprint density at radius 3 is 2.26 bits per heavy atom. The van der Waals surface area contributed by atoms with Gasteiger partial charge in [-0.2, -0.15) is 5.10 Å². The Balaban J connectivity index is 1.35. The van der Waals surface area contributed by atoms with Crippen LogP contribution in [0.5, 0.6) is 0 Å². The van der Waals surface area contributed by atoms with Gasteiger partial charge < -0.3 is 15.1 Å². The van der Waals surface area contributed by atoms with Crippen molar-refractivity contribution in [1.29, 1.82) is 0 Å². The first-order chi connectivity index (χ1) is 14.8. The van der Waals surface area contributed by atoms with E-state index in [1.807, 2.05) is 42.3 Å². The molecule has 2 aromatic heterocycles. The Labute approximate surface area is 182 Å². The molecule has 0 unspecified atom stereocenters. The molecular formula is C23H29N7O. The number of nitrogens with zero attached hydrogens (tertiary/aromatic N) is 6. The zero-order valence-electron chi connectivity index (χ0n) is 18.5. The largest absolute Gasteiger partial charge is 0.353 e. The summed E-state index contributed by atoms with van der Waals surface area (Å²) >= 11 is 0. The van der Waals surface area contributed by atoms with Gasteiger partial charge in [-0.05, 0) is 36.1 Å². The summed E-state index contributed by atoms with van der Waals surface area (Å²) in [6.45, 7) is 11.2. The third-order valence-corrected chi connectivity index (χ3v) is 5.49. The van der Waals surface area contributed by atoms with Crippen molar-refractivity contribution in [2.75, 3.05) is 36.4 Å². The Kier molecular flexibility index (Phi) is 5.63. The lowest BCUT2D eigenvalue weighted by molar-refractivity contribution is 0.208. The van der Waals surface area contributed by atoms with Gasteiger partial charge in [0.1, 0.15) is 12.1 Å².